The molecule has 6 atom stereocenters. The predicted octanol–water partition coefficient (Wildman–Crippen LogP) is 7.44. The topological polar surface area (TPSA) is 39.9 Å². The Balaban J connectivity index is 1.43. The predicted molar refractivity (Wildman–Crippen MR) is 145 cm³/mol. The average molecular weight is 482 g/mol. The monoisotopic (exact) mass is 481 g/mol. The van der Waals surface area contributed by atoms with E-state index in [2.05, 4.69) is 89.3 Å². The molecule has 0 spiro atoms. The number of nitrogens with zero attached hydrogens (tertiary/aromatic N) is 3. The van der Waals surface area contributed by atoms with E-state index < -0.39 is 0 Å². The first-order chi connectivity index (χ1) is 17.2. The van der Waals surface area contributed by atoms with Gasteiger partial charge in [0.1, 0.15) is 6.07 Å². The fraction of sp³-hybridized carbons (Fsp3) is 0.484. The minimum Gasteiger partial charge on any atom is -0.359 e. The zero-order chi connectivity index (χ0) is 23.8. The van der Waals surface area contributed by atoms with Crippen molar-refractivity contribution in [3.8, 4) is 6.07 Å². The Morgan fingerprint density at radius 2 is 1.86 bits per heavy atom. The second kappa shape index (κ2) is 9.51. The van der Waals surface area contributed by atoms with E-state index in [1.807, 2.05) is 6.20 Å². The van der Waals surface area contributed by atoms with E-state index >= 15 is 0 Å². The Kier molecular flexibility index (Phi) is 6.23. The highest BCUT2D eigenvalue weighted by Gasteiger charge is 2.48. The van der Waals surface area contributed by atoms with E-state index in [4.69, 9.17) is 0 Å². The molecule has 1 aromatic heterocycles. The number of pyridine rings is 1. The lowest BCUT2D eigenvalue weighted by Gasteiger charge is -2.54. The normalized spacial score (nSPS) is 34.1. The number of hydrogen-bond donors (Lipinski definition) is 0. The van der Waals surface area contributed by atoms with Gasteiger partial charge in [-0.05, 0) is 60.8 Å². The van der Waals surface area contributed by atoms with Crippen molar-refractivity contribution < 1.29 is 0 Å². The molecule has 2 saturated carbocycles. The highest BCUT2D eigenvalue weighted by Crippen LogP contribution is 2.53. The van der Waals surface area contributed by atoms with Gasteiger partial charge in [-0.15, -0.1) is 11.8 Å². The molecule has 5 unspecified atom stereocenters. The maximum absolute atomic E-state index is 9.93. The number of rotatable bonds is 3. The summed E-state index contributed by atoms with van der Waals surface area (Å²) >= 11 is 2.12. The van der Waals surface area contributed by atoms with Crippen molar-refractivity contribution in [2.24, 2.45) is 11.8 Å². The fourth-order valence-corrected chi connectivity index (χ4v) is 9.07. The van der Waals surface area contributed by atoms with E-state index in [0.717, 1.165) is 12.0 Å². The number of anilines is 1. The summed E-state index contributed by atoms with van der Waals surface area (Å²) in [6.45, 7) is 2.43. The van der Waals surface area contributed by atoms with E-state index in [0.29, 0.717) is 29.2 Å². The van der Waals surface area contributed by atoms with Crippen LogP contribution >= 0.6 is 11.8 Å². The van der Waals surface area contributed by atoms with Gasteiger partial charge < -0.3 is 4.90 Å². The lowest BCUT2D eigenvalue weighted by molar-refractivity contribution is 0.143. The van der Waals surface area contributed by atoms with E-state index in [-0.39, 0.29) is 5.41 Å². The van der Waals surface area contributed by atoms with Gasteiger partial charge in [0.15, 0.2) is 0 Å². The van der Waals surface area contributed by atoms with Crippen molar-refractivity contribution in [2.45, 2.75) is 85.9 Å². The van der Waals surface area contributed by atoms with E-state index in [9.17, 15) is 5.26 Å². The Morgan fingerprint density at radius 3 is 2.77 bits per heavy atom. The minimum atomic E-state index is -0.0271. The molecule has 0 amide bonds. The zero-order valence-electron chi connectivity index (χ0n) is 20.6. The Labute approximate surface area is 214 Å². The lowest BCUT2D eigenvalue weighted by Crippen LogP contribution is -2.56. The molecule has 180 valence electrons. The first-order valence-electron chi connectivity index (χ1n) is 13.4. The molecule has 2 fully saturated rings. The van der Waals surface area contributed by atoms with Crippen LogP contribution in [-0.4, -0.2) is 22.3 Å². The summed E-state index contributed by atoms with van der Waals surface area (Å²) in [6.07, 6.45) is 23.3. The number of nitriles is 1. The summed E-state index contributed by atoms with van der Waals surface area (Å²) in [5.41, 5.74) is 3.35. The molecule has 0 bridgehead atoms. The smallest absolute Gasteiger partial charge is 0.101 e. The number of aromatic nitrogens is 1. The van der Waals surface area contributed by atoms with Gasteiger partial charge in [-0.25, -0.2) is 0 Å². The van der Waals surface area contributed by atoms with Crippen molar-refractivity contribution in [3.05, 3.63) is 78.2 Å². The molecule has 0 N–H and O–H groups in total. The van der Waals surface area contributed by atoms with Gasteiger partial charge in [0.2, 0.25) is 0 Å². The highest BCUT2D eigenvalue weighted by atomic mass is 32.2. The van der Waals surface area contributed by atoms with Crippen LogP contribution < -0.4 is 4.90 Å². The summed E-state index contributed by atoms with van der Waals surface area (Å²) in [6, 6.07) is 14.6. The first-order valence-corrected chi connectivity index (χ1v) is 14.3. The molecule has 2 heterocycles. The number of thioether (sulfide) groups is 1. The van der Waals surface area contributed by atoms with Crippen LogP contribution in [0.5, 0.6) is 0 Å². The second-order valence-corrected chi connectivity index (χ2v) is 12.3. The van der Waals surface area contributed by atoms with Crippen molar-refractivity contribution in [1.82, 2.24) is 4.98 Å². The Morgan fingerprint density at radius 1 is 1.03 bits per heavy atom. The second-order valence-electron chi connectivity index (χ2n) is 11.0. The van der Waals surface area contributed by atoms with Gasteiger partial charge in [0.05, 0.1) is 17.3 Å². The van der Waals surface area contributed by atoms with E-state index in [1.165, 1.54) is 61.1 Å². The summed E-state index contributed by atoms with van der Waals surface area (Å²) in [7, 11) is 0. The highest BCUT2D eigenvalue weighted by molar-refractivity contribution is 8.00. The zero-order valence-corrected chi connectivity index (χ0v) is 21.5. The van der Waals surface area contributed by atoms with Gasteiger partial charge >= 0.3 is 0 Å². The van der Waals surface area contributed by atoms with Crippen molar-refractivity contribution >= 4 is 17.4 Å². The average Bonchev–Trinajstić information content (AvgIpc) is 2.92. The molecule has 35 heavy (non-hydrogen) atoms. The number of fused-ring (bicyclic) bond motifs is 2. The summed E-state index contributed by atoms with van der Waals surface area (Å²) in [5.74, 6) is 0.907. The lowest BCUT2D eigenvalue weighted by atomic mass is 9.57. The molecule has 4 heteroatoms. The van der Waals surface area contributed by atoms with Gasteiger partial charge in [-0.1, -0.05) is 69.0 Å². The summed E-state index contributed by atoms with van der Waals surface area (Å²) in [4.78, 5) is 8.56. The minimum absolute atomic E-state index is 0.0271. The van der Waals surface area contributed by atoms with Crippen molar-refractivity contribution in [3.63, 3.8) is 0 Å². The maximum Gasteiger partial charge on any atom is 0.101 e. The molecular weight excluding hydrogens is 446 g/mol. The van der Waals surface area contributed by atoms with Gasteiger partial charge in [-0.2, -0.15) is 5.26 Å². The maximum atomic E-state index is 9.93. The third-order valence-electron chi connectivity index (χ3n) is 9.22. The molecule has 1 aromatic carbocycles. The Hall–Kier alpha value is -2.51. The molecule has 2 aromatic rings. The van der Waals surface area contributed by atoms with Crippen LogP contribution in [0, 0.1) is 23.2 Å². The van der Waals surface area contributed by atoms with Crippen molar-refractivity contribution in [2.75, 3.05) is 4.90 Å². The molecular formula is C31H35N3S. The quantitative estimate of drug-likeness (QED) is 0.457. The summed E-state index contributed by atoms with van der Waals surface area (Å²) in [5, 5.41) is 10.6. The van der Waals surface area contributed by atoms with Crippen LogP contribution in [0.3, 0.4) is 0 Å². The number of benzene rings is 1. The number of para-hydroxylation sites is 1. The fourth-order valence-electron chi connectivity index (χ4n) is 7.58. The van der Waals surface area contributed by atoms with E-state index in [1.54, 1.807) is 6.20 Å². The van der Waals surface area contributed by atoms with Crippen LogP contribution in [0.4, 0.5) is 5.69 Å². The van der Waals surface area contributed by atoms with Crippen LogP contribution in [0.25, 0.3) is 0 Å². The molecule has 3 nitrogen and oxygen atoms in total. The van der Waals surface area contributed by atoms with Crippen molar-refractivity contribution in [1.29, 1.82) is 5.26 Å². The van der Waals surface area contributed by atoms with Crippen LogP contribution in [0.15, 0.2) is 71.9 Å². The SMILES string of the molecule is C[C@@]1(c2ccncc2C#N)CCCCC1C1C=CC=CC1N1c2ccccc2SC2CCCCC21. The Bertz CT molecular complexity index is 1180. The van der Waals surface area contributed by atoms with Crippen LogP contribution in [0.1, 0.15) is 69.4 Å². The van der Waals surface area contributed by atoms with Crippen LogP contribution in [0.2, 0.25) is 0 Å². The molecule has 0 radical (unpaired) electrons. The molecule has 6 rings (SSSR count). The number of hydrogen-bond acceptors (Lipinski definition) is 4. The number of allylic oxidation sites excluding steroid dienone is 2. The van der Waals surface area contributed by atoms with Gasteiger partial charge in [-0.3, -0.25) is 4.98 Å². The first kappa shape index (κ1) is 22.9. The third-order valence-corrected chi connectivity index (χ3v) is 10.7. The molecule has 3 aliphatic carbocycles. The summed E-state index contributed by atoms with van der Waals surface area (Å²) < 4.78 is 0. The van der Waals surface area contributed by atoms with Gasteiger partial charge in [0.25, 0.3) is 0 Å². The standard InChI is InChI=1S/C31H35N3S/c1-31(24-17-19-33-21-22(24)20-32)18-9-8-11-25(31)23-10-2-3-12-26(23)34-27-13-4-6-15-29(27)35-30-16-7-5-14-28(30)34/h2-4,6,10,12-13,15,17,19,21,23,25-26,28,30H,5,7-9,11,14,16,18H2,1H3/t23?,25?,26?,28?,30?,31-/m0/s1. The molecule has 1 aliphatic heterocycles. The third kappa shape index (κ3) is 3.93. The van der Waals surface area contributed by atoms with Gasteiger partial charge in [0, 0.05) is 34.5 Å². The van der Waals surface area contributed by atoms with Crippen LogP contribution in [-0.2, 0) is 5.41 Å². The molecule has 0 saturated heterocycles. The largest absolute Gasteiger partial charge is 0.359 e. The molecule has 4 aliphatic rings.